The number of hydrogen-bond acceptors (Lipinski definition) is 4. The summed E-state index contributed by atoms with van der Waals surface area (Å²) >= 11 is 0. The molecule has 2 rings (SSSR count). The predicted octanol–water partition coefficient (Wildman–Crippen LogP) is 3.25. The number of amides is 1. The zero-order valence-corrected chi connectivity index (χ0v) is 14.7. The molecule has 0 aliphatic heterocycles. The molecule has 2 aromatic carbocycles. The maximum Gasteiger partial charge on any atom is 0.248 e. The van der Waals surface area contributed by atoms with Gasteiger partial charge in [-0.2, -0.15) is 5.26 Å². The van der Waals surface area contributed by atoms with Crippen LogP contribution in [0.25, 0.3) is 0 Å². The average Bonchev–Trinajstić information content (AvgIpc) is 2.67. The first-order chi connectivity index (χ1) is 12.8. The van der Waals surface area contributed by atoms with Crippen molar-refractivity contribution in [3.05, 3.63) is 89.2 Å². The van der Waals surface area contributed by atoms with E-state index in [-0.39, 0.29) is 12.2 Å². The molecule has 4 N–H and O–H groups in total. The zero-order valence-electron chi connectivity index (χ0n) is 14.7. The molecule has 0 spiro atoms. The minimum absolute atomic E-state index is 0.0847. The Hall–Kier alpha value is -3.66. The van der Waals surface area contributed by atoms with Crippen molar-refractivity contribution >= 4 is 5.91 Å². The minimum Gasteiger partial charge on any atom is -0.489 e. The van der Waals surface area contributed by atoms with E-state index in [1.54, 1.807) is 0 Å². The molecular formula is C20H19F2N3O2. The highest BCUT2D eigenvalue weighted by molar-refractivity contribution is 5.92. The third-order valence-electron chi connectivity index (χ3n) is 3.18. The van der Waals surface area contributed by atoms with Gasteiger partial charge in [-0.25, -0.2) is 8.78 Å². The second-order valence-corrected chi connectivity index (χ2v) is 5.31. The van der Waals surface area contributed by atoms with Gasteiger partial charge in [-0.15, -0.1) is 0 Å². The summed E-state index contributed by atoms with van der Waals surface area (Å²) < 4.78 is 30.6. The lowest BCUT2D eigenvalue weighted by molar-refractivity contribution is -0.114. The van der Waals surface area contributed by atoms with Crippen LogP contribution in [-0.2, 0) is 4.79 Å². The summed E-state index contributed by atoms with van der Waals surface area (Å²) in [6, 6.07) is 14.7. The van der Waals surface area contributed by atoms with E-state index in [0.717, 1.165) is 11.6 Å². The van der Waals surface area contributed by atoms with E-state index in [9.17, 15) is 13.6 Å². The number of nitrogens with zero attached hydrogens (tertiary/aromatic N) is 1. The van der Waals surface area contributed by atoms with Gasteiger partial charge in [0.1, 0.15) is 24.0 Å². The number of halogens is 2. The van der Waals surface area contributed by atoms with Gasteiger partial charge in [0.05, 0.1) is 17.2 Å². The van der Waals surface area contributed by atoms with Gasteiger partial charge in [0, 0.05) is 6.20 Å². The van der Waals surface area contributed by atoms with Gasteiger partial charge in [0.25, 0.3) is 0 Å². The Morgan fingerprint density at radius 1 is 1.19 bits per heavy atom. The molecule has 0 aliphatic rings. The van der Waals surface area contributed by atoms with E-state index in [2.05, 4.69) is 6.07 Å². The van der Waals surface area contributed by atoms with Gasteiger partial charge < -0.3 is 16.2 Å². The molecule has 0 atom stereocenters. The van der Waals surface area contributed by atoms with E-state index in [4.69, 9.17) is 21.5 Å². The molecule has 2 aromatic rings. The van der Waals surface area contributed by atoms with E-state index in [0.29, 0.717) is 11.9 Å². The standard InChI is InChI=1S/C12H12F2N2O2.C8H7N/c13-9-1-3-11(4-2-9)18-7-8(12(16)17)5-10(14)6-15;1-7-2-4-8(6-9)5-3-7/h1-6H,7,15H2,(H2,16,17);2-5H,1H3/b8-5+,10-6+;. The number of aryl methyl sites for hydroxylation is 1. The molecule has 0 bridgehead atoms. The van der Waals surface area contributed by atoms with Crippen LogP contribution < -0.4 is 16.2 Å². The lowest BCUT2D eigenvalue weighted by Gasteiger charge is -2.07. The highest BCUT2D eigenvalue weighted by Gasteiger charge is 2.07. The van der Waals surface area contributed by atoms with Crippen molar-refractivity contribution in [3.8, 4) is 11.8 Å². The van der Waals surface area contributed by atoms with Gasteiger partial charge in [0.2, 0.25) is 5.91 Å². The molecule has 5 nitrogen and oxygen atoms in total. The Labute approximate surface area is 156 Å². The molecule has 0 aliphatic carbocycles. The summed E-state index contributed by atoms with van der Waals surface area (Å²) in [4.78, 5) is 11.0. The molecule has 7 heteroatoms. The average molecular weight is 371 g/mol. The highest BCUT2D eigenvalue weighted by Crippen LogP contribution is 2.13. The Morgan fingerprint density at radius 2 is 1.78 bits per heavy atom. The topological polar surface area (TPSA) is 102 Å². The molecule has 1 amide bonds. The molecule has 0 aromatic heterocycles. The molecule has 0 unspecified atom stereocenters. The van der Waals surface area contributed by atoms with Crippen LogP contribution in [0, 0.1) is 24.1 Å². The van der Waals surface area contributed by atoms with Crippen LogP contribution in [0.3, 0.4) is 0 Å². The smallest absolute Gasteiger partial charge is 0.248 e. The van der Waals surface area contributed by atoms with Gasteiger partial charge in [-0.1, -0.05) is 17.7 Å². The third kappa shape index (κ3) is 8.31. The quantitative estimate of drug-likeness (QED) is 0.622. The van der Waals surface area contributed by atoms with Crippen LogP contribution in [0.4, 0.5) is 8.78 Å². The SMILES string of the molecule is Cc1ccc(C#N)cc1.N/C=C(F)\C=C(/COc1ccc(F)cc1)C(N)=O. The summed E-state index contributed by atoms with van der Waals surface area (Å²) in [6.07, 6.45) is 1.58. The number of hydrogen-bond donors (Lipinski definition) is 2. The number of primary amides is 1. The molecular weight excluding hydrogens is 352 g/mol. The Bertz CT molecular complexity index is 852. The van der Waals surface area contributed by atoms with Gasteiger partial charge in [-0.3, -0.25) is 4.79 Å². The summed E-state index contributed by atoms with van der Waals surface area (Å²) in [5.41, 5.74) is 11.8. The maximum absolute atomic E-state index is 12.9. The third-order valence-corrected chi connectivity index (χ3v) is 3.18. The van der Waals surface area contributed by atoms with Crippen molar-refractivity contribution in [2.75, 3.05) is 6.61 Å². The number of ether oxygens (including phenoxy) is 1. The van der Waals surface area contributed by atoms with E-state index in [1.165, 1.54) is 29.8 Å². The van der Waals surface area contributed by atoms with Crippen molar-refractivity contribution in [1.82, 2.24) is 0 Å². The van der Waals surface area contributed by atoms with E-state index in [1.807, 2.05) is 31.2 Å². The number of benzene rings is 2. The zero-order chi connectivity index (χ0) is 20.2. The lowest BCUT2D eigenvalue weighted by atomic mass is 10.2. The van der Waals surface area contributed by atoms with Gasteiger partial charge in [0.15, 0.2) is 0 Å². The fourth-order valence-corrected chi connectivity index (χ4v) is 1.72. The molecule has 0 saturated carbocycles. The molecule has 0 saturated heterocycles. The summed E-state index contributed by atoms with van der Waals surface area (Å²) in [7, 11) is 0. The first-order valence-electron chi connectivity index (χ1n) is 7.78. The Morgan fingerprint density at radius 3 is 2.26 bits per heavy atom. The highest BCUT2D eigenvalue weighted by atomic mass is 19.1. The summed E-state index contributed by atoms with van der Waals surface area (Å²) in [5, 5.41) is 8.38. The van der Waals surface area contributed by atoms with Crippen molar-refractivity contribution in [3.63, 3.8) is 0 Å². The number of rotatable bonds is 5. The molecule has 0 radical (unpaired) electrons. The van der Waals surface area contributed by atoms with Crippen molar-refractivity contribution < 1.29 is 18.3 Å². The van der Waals surface area contributed by atoms with Crippen LogP contribution in [0.5, 0.6) is 5.75 Å². The number of carbonyl (C=O) groups excluding carboxylic acids is 1. The van der Waals surface area contributed by atoms with Gasteiger partial charge >= 0.3 is 0 Å². The van der Waals surface area contributed by atoms with Gasteiger partial charge in [-0.05, 0) is 49.4 Å². The summed E-state index contributed by atoms with van der Waals surface area (Å²) in [5.74, 6) is -1.70. The maximum atomic E-state index is 12.9. The van der Waals surface area contributed by atoms with Crippen LogP contribution in [0.2, 0.25) is 0 Å². The second-order valence-electron chi connectivity index (χ2n) is 5.31. The second kappa shape index (κ2) is 11.1. The molecule has 27 heavy (non-hydrogen) atoms. The number of nitrogens with two attached hydrogens (primary N) is 2. The van der Waals surface area contributed by atoms with Crippen molar-refractivity contribution in [2.24, 2.45) is 11.5 Å². The van der Waals surface area contributed by atoms with E-state index < -0.39 is 17.6 Å². The van der Waals surface area contributed by atoms with Crippen LogP contribution in [-0.4, -0.2) is 12.5 Å². The monoisotopic (exact) mass is 371 g/mol. The first kappa shape index (κ1) is 21.4. The molecule has 0 fully saturated rings. The normalized spacial score (nSPS) is 11.0. The Kier molecular flexibility index (Phi) is 8.75. The number of allylic oxidation sites excluding steroid dienone is 2. The minimum atomic E-state index is -0.825. The fraction of sp³-hybridized carbons (Fsp3) is 0.100. The van der Waals surface area contributed by atoms with E-state index >= 15 is 0 Å². The van der Waals surface area contributed by atoms with Crippen LogP contribution in [0.1, 0.15) is 11.1 Å². The van der Waals surface area contributed by atoms with Crippen LogP contribution >= 0.6 is 0 Å². The Balaban J connectivity index is 0.000000337. The number of carbonyl (C=O) groups is 1. The van der Waals surface area contributed by atoms with Crippen molar-refractivity contribution in [2.45, 2.75) is 6.92 Å². The summed E-state index contributed by atoms with van der Waals surface area (Å²) in [6.45, 7) is 1.77. The molecule has 140 valence electrons. The van der Waals surface area contributed by atoms with Crippen molar-refractivity contribution in [1.29, 1.82) is 5.26 Å². The fourth-order valence-electron chi connectivity index (χ4n) is 1.72. The predicted molar refractivity (Wildman–Crippen MR) is 98.4 cm³/mol. The number of nitriles is 1. The van der Waals surface area contributed by atoms with Crippen LogP contribution in [0.15, 0.2) is 72.2 Å². The first-order valence-corrected chi connectivity index (χ1v) is 7.78. The lowest BCUT2D eigenvalue weighted by Crippen LogP contribution is -2.19. The molecule has 0 heterocycles. The largest absolute Gasteiger partial charge is 0.489 e.